The molecule has 10 heavy (non-hydrogen) atoms. The van der Waals surface area contributed by atoms with Crippen LogP contribution in [0.5, 0.6) is 0 Å². The molecule has 0 N–H and O–H groups in total. The Hall–Kier alpha value is -0.380. The van der Waals surface area contributed by atoms with Gasteiger partial charge >= 0.3 is 0 Å². The zero-order chi connectivity index (χ0) is 8.36. The summed E-state index contributed by atoms with van der Waals surface area (Å²) in [6.07, 6.45) is 1.06. The summed E-state index contributed by atoms with van der Waals surface area (Å²) in [7, 11) is -3.12. The first-order chi connectivity index (χ1) is 4.33. The van der Waals surface area contributed by atoms with Crippen LogP contribution in [0.2, 0.25) is 0 Å². The smallest absolute Gasteiger partial charge is 0.154 e. The third-order valence-corrected chi connectivity index (χ3v) is 1.86. The highest BCUT2D eigenvalue weighted by atomic mass is 32.2. The van der Waals surface area contributed by atoms with E-state index in [-0.39, 0.29) is 17.5 Å². The summed E-state index contributed by atoms with van der Waals surface area (Å²) in [5.74, 6) is -0.734. The summed E-state index contributed by atoms with van der Waals surface area (Å²) in [5.41, 5.74) is 0. The molecule has 0 aliphatic carbocycles. The fraction of sp³-hybridized carbons (Fsp3) is 0.833. The summed E-state index contributed by atoms with van der Waals surface area (Å²) in [6, 6.07) is 0. The van der Waals surface area contributed by atoms with Gasteiger partial charge in [0.2, 0.25) is 0 Å². The molecule has 0 spiro atoms. The molecule has 0 saturated heterocycles. The van der Waals surface area contributed by atoms with Crippen LogP contribution >= 0.6 is 0 Å². The van der Waals surface area contributed by atoms with Crippen LogP contribution in [-0.2, 0) is 14.6 Å². The van der Waals surface area contributed by atoms with Crippen molar-refractivity contribution in [1.29, 1.82) is 0 Å². The molecule has 0 fully saturated rings. The van der Waals surface area contributed by atoms with E-state index >= 15 is 0 Å². The molecule has 0 aromatic carbocycles. The highest BCUT2D eigenvalue weighted by Gasteiger charge is 2.13. The first-order valence-corrected chi connectivity index (χ1v) is 5.09. The van der Waals surface area contributed by atoms with Gasteiger partial charge in [-0.1, -0.05) is 13.8 Å². The summed E-state index contributed by atoms with van der Waals surface area (Å²) in [4.78, 5) is 10.8. The van der Waals surface area contributed by atoms with Crippen molar-refractivity contribution >= 4 is 15.6 Å². The highest BCUT2D eigenvalue weighted by molar-refractivity contribution is 7.91. The van der Waals surface area contributed by atoms with E-state index in [0.29, 0.717) is 0 Å². The van der Waals surface area contributed by atoms with Gasteiger partial charge in [-0.25, -0.2) is 8.42 Å². The van der Waals surface area contributed by atoms with E-state index in [1.54, 1.807) is 13.8 Å². The van der Waals surface area contributed by atoms with E-state index in [2.05, 4.69) is 0 Å². The Morgan fingerprint density at radius 1 is 1.40 bits per heavy atom. The van der Waals surface area contributed by atoms with Crippen LogP contribution in [-0.4, -0.2) is 26.2 Å². The average molecular weight is 164 g/mol. The molecule has 0 radical (unpaired) electrons. The Labute approximate surface area is 61.4 Å². The second-order valence-corrected chi connectivity index (χ2v) is 4.83. The van der Waals surface area contributed by atoms with Crippen molar-refractivity contribution in [3.05, 3.63) is 0 Å². The van der Waals surface area contributed by atoms with Gasteiger partial charge < -0.3 is 0 Å². The fourth-order valence-electron chi connectivity index (χ4n) is 0.425. The van der Waals surface area contributed by atoms with Gasteiger partial charge in [0.25, 0.3) is 0 Å². The van der Waals surface area contributed by atoms with Crippen molar-refractivity contribution in [2.45, 2.75) is 13.8 Å². The summed E-state index contributed by atoms with van der Waals surface area (Å²) in [5, 5.41) is 0. The van der Waals surface area contributed by atoms with Crippen LogP contribution in [0.15, 0.2) is 0 Å². The molecule has 0 aliphatic rings. The number of carbonyl (C=O) groups is 1. The van der Waals surface area contributed by atoms with Crippen LogP contribution in [0.4, 0.5) is 0 Å². The van der Waals surface area contributed by atoms with E-state index in [1.807, 2.05) is 0 Å². The lowest BCUT2D eigenvalue weighted by molar-refractivity contribution is -0.119. The van der Waals surface area contributed by atoms with Gasteiger partial charge in [0.15, 0.2) is 9.84 Å². The molecule has 0 rings (SSSR count). The lowest BCUT2D eigenvalue weighted by atomic mass is 10.1. The van der Waals surface area contributed by atoms with E-state index in [1.165, 1.54) is 0 Å². The van der Waals surface area contributed by atoms with E-state index in [4.69, 9.17) is 0 Å². The van der Waals surface area contributed by atoms with Crippen molar-refractivity contribution < 1.29 is 13.2 Å². The minimum Gasteiger partial charge on any atom is -0.298 e. The molecule has 0 bridgehead atoms. The third kappa shape index (κ3) is 4.49. The van der Waals surface area contributed by atoms with E-state index in [0.717, 1.165) is 6.26 Å². The van der Waals surface area contributed by atoms with Gasteiger partial charge in [0.1, 0.15) is 11.5 Å². The van der Waals surface area contributed by atoms with Gasteiger partial charge in [0.05, 0.1) is 0 Å². The quantitative estimate of drug-likeness (QED) is 0.601. The molecule has 0 aromatic heterocycles. The van der Waals surface area contributed by atoms with E-state index in [9.17, 15) is 13.2 Å². The van der Waals surface area contributed by atoms with Gasteiger partial charge in [-0.2, -0.15) is 0 Å². The van der Waals surface area contributed by atoms with Gasteiger partial charge in [-0.05, 0) is 0 Å². The first-order valence-electron chi connectivity index (χ1n) is 3.03. The molecule has 60 valence electrons. The predicted molar refractivity (Wildman–Crippen MR) is 39.6 cm³/mol. The largest absolute Gasteiger partial charge is 0.298 e. The van der Waals surface area contributed by atoms with Crippen LogP contribution in [0, 0.1) is 5.92 Å². The van der Waals surface area contributed by atoms with Crippen LogP contribution in [0.25, 0.3) is 0 Å². The maximum Gasteiger partial charge on any atom is 0.154 e. The summed E-state index contributed by atoms with van der Waals surface area (Å²) in [6.45, 7) is 3.38. The molecular formula is C6H12O3S. The number of Topliss-reactive ketones (excluding diaryl/α,β-unsaturated/α-hetero) is 1. The highest BCUT2D eigenvalue weighted by Crippen LogP contribution is 1.96. The molecule has 0 aliphatic heterocycles. The van der Waals surface area contributed by atoms with Crippen molar-refractivity contribution in [2.75, 3.05) is 12.0 Å². The van der Waals surface area contributed by atoms with Gasteiger partial charge in [-0.3, -0.25) is 4.79 Å². The standard InChI is InChI=1S/C6H12O3S/c1-5(2)6(7)4-10(3,8)9/h5H,4H2,1-3H3. The second-order valence-electron chi connectivity index (χ2n) is 2.69. The molecule has 0 amide bonds. The lowest BCUT2D eigenvalue weighted by Gasteiger charge is -2.00. The normalized spacial score (nSPS) is 12.0. The van der Waals surface area contributed by atoms with Crippen LogP contribution < -0.4 is 0 Å². The zero-order valence-corrected chi connectivity index (χ0v) is 7.23. The zero-order valence-electron chi connectivity index (χ0n) is 6.42. The SMILES string of the molecule is CC(C)C(=O)CS(C)(=O)=O. The van der Waals surface area contributed by atoms with E-state index < -0.39 is 9.84 Å². The average Bonchev–Trinajstić information content (AvgIpc) is 1.60. The molecule has 3 nitrogen and oxygen atoms in total. The summed E-state index contributed by atoms with van der Waals surface area (Å²) >= 11 is 0. The number of sulfone groups is 1. The Kier molecular flexibility index (Phi) is 3.02. The molecular weight excluding hydrogens is 152 g/mol. The monoisotopic (exact) mass is 164 g/mol. The topological polar surface area (TPSA) is 51.2 Å². The molecule has 0 unspecified atom stereocenters. The Morgan fingerprint density at radius 3 is 1.90 bits per heavy atom. The maximum absolute atomic E-state index is 10.8. The van der Waals surface area contributed by atoms with Crippen LogP contribution in [0.3, 0.4) is 0 Å². The number of hydrogen-bond acceptors (Lipinski definition) is 3. The van der Waals surface area contributed by atoms with Gasteiger partial charge in [-0.15, -0.1) is 0 Å². The maximum atomic E-state index is 10.8. The molecule has 0 aromatic rings. The Morgan fingerprint density at radius 2 is 1.80 bits per heavy atom. The first kappa shape index (κ1) is 9.62. The van der Waals surface area contributed by atoms with Crippen LogP contribution in [0.1, 0.15) is 13.8 Å². The fourth-order valence-corrected chi connectivity index (χ4v) is 1.28. The minimum atomic E-state index is -3.12. The van der Waals surface area contributed by atoms with Crippen molar-refractivity contribution in [3.63, 3.8) is 0 Å². The minimum absolute atomic E-state index is 0.185. The molecule has 0 saturated carbocycles. The Balaban J connectivity index is 4.07. The number of hydrogen-bond donors (Lipinski definition) is 0. The van der Waals surface area contributed by atoms with Crippen molar-refractivity contribution in [3.8, 4) is 0 Å². The van der Waals surface area contributed by atoms with Gasteiger partial charge in [0, 0.05) is 12.2 Å². The predicted octanol–water partition coefficient (Wildman–Crippen LogP) is 0.256. The molecule has 0 atom stereocenters. The number of rotatable bonds is 3. The molecule has 4 heteroatoms. The molecule has 0 heterocycles. The number of carbonyl (C=O) groups excluding carboxylic acids is 1. The Bertz CT molecular complexity index is 213. The van der Waals surface area contributed by atoms with Crippen molar-refractivity contribution in [1.82, 2.24) is 0 Å². The lowest BCUT2D eigenvalue weighted by Crippen LogP contribution is -2.18. The third-order valence-electron chi connectivity index (χ3n) is 1.05. The second kappa shape index (κ2) is 3.14. The summed E-state index contributed by atoms with van der Waals surface area (Å²) < 4.78 is 21.1. The number of ketones is 1. The van der Waals surface area contributed by atoms with Crippen molar-refractivity contribution in [2.24, 2.45) is 5.92 Å².